The van der Waals surface area contributed by atoms with E-state index in [9.17, 15) is 30.3 Å². The highest BCUT2D eigenvalue weighted by molar-refractivity contribution is 5.69. The molecule has 0 bridgehead atoms. The highest BCUT2D eigenvalue weighted by Crippen LogP contribution is 2.23. The number of unbranched alkanes of at least 4 members (excludes halogenated alkanes) is 20. The quantitative estimate of drug-likeness (QED) is 0.0657. The van der Waals surface area contributed by atoms with Crippen molar-refractivity contribution in [1.29, 1.82) is 0 Å². The van der Waals surface area contributed by atoms with Crippen molar-refractivity contribution in [2.24, 2.45) is 0 Å². The molecule has 40 heavy (non-hydrogen) atoms. The lowest BCUT2D eigenvalue weighted by atomic mass is 9.99. The molecule has 1 fully saturated rings. The highest BCUT2D eigenvalue weighted by Gasteiger charge is 2.45. The maximum absolute atomic E-state index is 12.0. The first-order valence-electron chi connectivity index (χ1n) is 16.5. The molecular formula is C32H62O8. The molecule has 1 saturated heterocycles. The number of ether oxygens (including phenoxy) is 2. The Morgan fingerprint density at radius 1 is 0.625 bits per heavy atom. The third kappa shape index (κ3) is 18.6. The summed E-state index contributed by atoms with van der Waals surface area (Å²) in [5, 5.41) is 47.9. The zero-order valence-corrected chi connectivity index (χ0v) is 25.4. The monoisotopic (exact) mass is 574 g/mol. The van der Waals surface area contributed by atoms with Crippen molar-refractivity contribution in [3.05, 3.63) is 0 Å². The van der Waals surface area contributed by atoms with Crippen LogP contribution in [-0.2, 0) is 14.3 Å². The second kappa shape index (κ2) is 24.8. The van der Waals surface area contributed by atoms with Crippen molar-refractivity contribution in [3.8, 4) is 0 Å². The van der Waals surface area contributed by atoms with Gasteiger partial charge >= 0.3 is 5.97 Å². The Morgan fingerprint density at radius 2 is 1.00 bits per heavy atom. The summed E-state index contributed by atoms with van der Waals surface area (Å²) in [7, 11) is 0. The smallest absolute Gasteiger partial charge is 0.308 e. The van der Waals surface area contributed by atoms with Gasteiger partial charge in [-0.15, -0.1) is 0 Å². The Hall–Kier alpha value is -0.770. The highest BCUT2D eigenvalue weighted by atomic mass is 16.7. The fourth-order valence-corrected chi connectivity index (χ4v) is 5.42. The van der Waals surface area contributed by atoms with Crippen LogP contribution in [0.2, 0.25) is 0 Å². The number of hydrogen-bond acceptors (Lipinski definition) is 8. The standard InChI is InChI=1S/C32H62O8/c1-26(34)23-21-19-17-15-13-11-9-7-5-3-2-4-6-8-10-12-14-16-18-20-22-24-28(35)40-32-31(38)30(37)29(36)27(25-33)39-32/h26-27,29-34,36-38H,2-25H2,1H3/t26?,27?,29-,30?,31?,32-/m1/s1. The summed E-state index contributed by atoms with van der Waals surface area (Å²) >= 11 is 0. The molecule has 0 amide bonds. The summed E-state index contributed by atoms with van der Waals surface area (Å²) in [5.74, 6) is -0.517. The molecule has 0 aromatic heterocycles. The number of rotatable bonds is 26. The van der Waals surface area contributed by atoms with Crippen LogP contribution in [0.25, 0.3) is 0 Å². The average Bonchev–Trinajstić information content (AvgIpc) is 2.93. The average molecular weight is 575 g/mol. The van der Waals surface area contributed by atoms with E-state index in [1.54, 1.807) is 0 Å². The van der Waals surface area contributed by atoms with Gasteiger partial charge in [0.1, 0.15) is 24.4 Å². The maximum Gasteiger partial charge on any atom is 0.308 e. The van der Waals surface area contributed by atoms with Gasteiger partial charge in [-0.1, -0.05) is 128 Å². The van der Waals surface area contributed by atoms with E-state index < -0.39 is 43.3 Å². The van der Waals surface area contributed by atoms with Gasteiger partial charge < -0.3 is 35.0 Å². The maximum atomic E-state index is 12.0. The second-order valence-corrected chi connectivity index (χ2v) is 12.0. The van der Waals surface area contributed by atoms with Crippen molar-refractivity contribution >= 4 is 5.97 Å². The number of esters is 1. The van der Waals surface area contributed by atoms with Crippen LogP contribution in [0.4, 0.5) is 0 Å². The van der Waals surface area contributed by atoms with Crippen molar-refractivity contribution in [2.45, 2.75) is 191 Å². The lowest BCUT2D eigenvalue weighted by Gasteiger charge is -2.39. The Bertz CT molecular complexity index is 585. The van der Waals surface area contributed by atoms with Crippen LogP contribution in [0, 0.1) is 0 Å². The summed E-state index contributed by atoms with van der Waals surface area (Å²) in [6.45, 7) is 1.33. The lowest BCUT2D eigenvalue weighted by Crippen LogP contribution is -2.59. The minimum Gasteiger partial charge on any atom is -0.433 e. The summed E-state index contributed by atoms with van der Waals surface area (Å²) in [4.78, 5) is 12.0. The van der Waals surface area contributed by atoms with Crippen LogP contribution in [0.15, 0.2) is 0 Å². The van der Waals surface area contributed by atoms with E-state index in [0.29, 0.717) is 6.42 Å². The van der Waals surface area contributed by atoms with E-state index in [1.165, 1.54) is 116 Å². The summed E-state index contributed by atoms with van der Waals surface area (Å²) in [5.41, 5.74) is 0. The van der Waals surface area contributed by atoms with Gasteiger partial charge in [0.15, 0.2) is 0 Å². The molecule has 1 aliphatic heterocycles. The first-order chi connectivity index (χ1) is 19.4. The largest absolute Gasteiger partial charge is 0.433 e. The number of hydrogen-bond donors (Lipinski definition) is 5. The van der Waals surface area contributed by atoms with Gasteiger partial charge in [-0.3, -0.25) is 4.79 Å². The Kier molecular flexibility index (Phi) is 23.1. The van der Waals surface area contributed by atoms with Crippen LogP contribution in [0.5, 0.6) is 0 Å². The second-order valence-electron chi connectivity index (χ2n) is 12.0. The topological polar surface area (TPSA) is 137 Å². The van der Waals surface area contributed by atoms with Crippen molar-refractivity contribution < 1.29 is 39.8 Å². The molecule has 1 aliphatic rings. The number of aliphatic hydroxyl groups is 5. The first kappa shape index (κ1) is 37.3. The number of carbonyl (C=O) groups is 1. The van der Waals surface area contributed by atoms with E-state index in [0.717, 1.165) is 19.3 Å². The predicted molar refractivity (Wildman–Crippen MR) is 158 cm³/mol. The van der Waals surface area contributed by atoms with Gasteiger partial charge in [0.2, 0.25) is 6.29 Å². The molecule has 0 aliphatic carbocycles. The van der Waals surface area contributed by atoms with E-state index in [1.807, 2.05) is 6.92 Å². The molecule has 238 valence electrons. The molecule has 0 aromatic carbocycles. The van der Waals surface area contributed by atoms with Gasteiger partial charge in [-0.05, 0) is 19.8 Å². The summed E-state index contributed by atoms with van der Waals surface area (Å²) in [6, 6.07) is 0. The molecule has 8 nitrogen and oxygen atoms in total. The third-order valence-corrected chi connectivity index (χ3v) is 8.10. The molecule has 1 rings (SSSR count). The van der Waals surface area contributed by atoms with E-state index in [-0.39, 0.29) is 12.5 Å². The van der Waals surface area contributed by atoms with Crippen LogP contribution >= 0.6 is 0 Å². The SMILES string of the molecule is CC(O)CCCCCCCCCCCCCCCCCCCCCCCC(=O)O[C@H]1OC(CO)[C@@H](O)C(O)C1O. The molecule has 1 heterocycles. The van der Waals surface area contributed by atoms with Crippen LogP contribution in [0.3, 0.4) is 0 Å². The van der Waals surface area contributed by atoms with Crippen molar-refractivity contribution in [2.75, 3.05) is 6.61 Å². The number of carbonyl (C=O) groups excluding carboxylic acids is 1. The Labute approximate surface area is 243 Å². The lowest BCUT2D eigenvalue weighted by molar-refractivity contribution is -0.292. The van der Waals surface area contributed by atoms with Crippen LogP contribution < -0.4 is 0 Å². The molecule has 8 heteroatoms. The minimum atomic E-state index is -1.55. The van der Waals surface area contributed by atoms with E-state index in [4.69, 9.17) is 9.47 Å². The zero-order valence-electron chi connectivity index (χ0n) is 25.4. The molecule has 0 spiro atoms. The molecule has 0 aromatic rings. The molecule has 0 radical (unpaired) electrons. The van der Waals surface area contributed by atoms with Gasteiger partial charge in [0.05, 0.1) is 12.7 Å². The van der Waals surface area contributed by atoms with Gasteiger partial charge in [-0.25, -0.2) is 0 Å². The van der Waals surface area contributed by atoms with Crippen LogP contribution in [-0.4, -0.2) is 74.9 Å². The minimum absolute atomic E-state index is 0.136. The molecule has 5 N–H and O–H groups in total. The van der Waals surface area contributed by atoms with Gasteiger partial charge in [-0.2, -0.15) is 0 Å². The molecule has 0 saturated carbocycles. The number of aliphatic hydroxyl groups excluding tert-OH is 5. The summed E-state index contributed by atoms with van der Waals surface area (Å²) in [6.07, 6.45) is 20.6. The fourth-order valence-electron chi connectivity index (χ4n) is 5.42. The van der Waals surface area contributed by atoms with E-state index in [2.05, 4.69) is 0 Å². The Balaban J connectivity index is 1.80. The normalized spacial score (nSPS) is 23.8. The third-order valence-electron chi connectivity index (χ3n) is 8.10. The molecular weight excluding hydrogens is 512 g/mol. The van der Waals surface area contributed by atoms with Crippen molar-refractivity contribution in [1.82, 2.24) is 0 Å². The van der Waals surface area contributed by atoms with E-state index >= 15 is 0 Å². The Morgan fingerprint density at radius 3 is 1.38 bits per heavy atom. The van der Waals surface area contributed by atoms with Crippen LogP contribution in [0.1, 0.15) is 155 Å². The molecule has 6 atom stereocenters. The van der Waals surface area contributed by atoms with Gasteiger partial charge in [0.25, 0.3) is 0 Å². The fraction of sp³-hybridized carbons (Fsp3) is 0.969. The summed E-state index contributed by atoms with van der Waals surface area (Å²) < 4.78 is 10.3. The first-order valence-corrected chi connectivity index (χ1v) is 16.5. The van der Waals surface area contributed by atoms with Gasteiger partial charge in [0, 0.05) is 6.42 Å². The van der Waals surface area contributed by atoms with Crippen molar-refractivity contribution in [3.63, 3.8) is 0 Å². The molecule has 4 unspecified atom stereocenters. The predicted octanol–water partition coefficient (Wildman–Crippen LogP) is 5.68. The zero-order chi connectivity index (χ0) is 29.4.